The number of carbonyl (C=O) groups excluding carboxylic acids is 3. The lowest BCUT2D eigenvalue weighted by Crippen LogP contribution is -2.41. The highest BCUT2D eigenvalue weighted by molar-refractivity contribution is 7.80. The van der Waals surface area contributed by atoms with Crippen LogP contribution in [0.3, 0.4) is 0 Å². The predicted molar refractivity (Wildman–Crippen MR) is 57.6 cm³/mol. The van der Waals surface area contributed by atoms with Gasteiger partial charge in [-0.2, -0.15) is 12.6 Å². The zero-order chi connectivity index (χ0) is 11.6. The van der Waals surface area contributed by atoms with Crippen LogP contribution in [0.5, 0.6) is 0 Å². The Morgan fingerprint density at radius 2 is 2.20 bits per heavy atom. The van der Waals surface area contributed by atoms with E-state index in [9.17, 15) is 14.4 Å². The second-order valence-corrected chi connectivity index (χ2v) is 3.46. The molecule has 1 aliphatic rings. The summed E-state index contributed by atoms with van der Waals surface area (Å²) in [5, 5.41) is 0. The van der Waals surface area contributed by atoms with Gasteiger partial charge in [-0.05, 0) is 11.8 Å². The van der Waals surface area contributed by atoms with E-state index in [-0.39, 0.29) is 17.9 Å². The first-order chi connectivity index (χ1) is 7.02. The topological polar surface area (TPSA) is 83.1 Å². The summed E-state index contributed by atoms with van der Waals surface area (Å²) in [6.45, 7) is 1.91. The molecule has 0 aromatic heterocycles. The van der Waals surface area contributed by atoms with E-state index in [2.05, 4.69) is 12.6 Å². The summed E-state index contributed by atoms with van der Waals surface area (Å²) in [6, 6.07) is -0.840. The van der Waals surface area contributed by atoms with Crippen LogP contribution in [0.4, 0.5) is 0 Å². The molecule has 6 heteroatoms. The number of likely N-dealkylation sites (N-methyl/N-ethyl adjacent to an activating group) is 1. The first kappa shape index (κ1) is 12.1. The summed E-state index contributed by atoms with van der Waals surface area (Å²) in [4.78, 5) is 35.4. The third-order valence-electron chi connectivity index (χ3n) is 2.12. The molecule has 81 valence electrons. The maximum absolute atomic E-state index is 11.6. The normalized spacial score (nSPS) is 19.3. The van der Waals surface area contributed by atoms with Crippen LogP contribution in [0.25, 0.3) is 0 Å². The standard InChI is InChI=1S/C9H12N2O3S/c1-2-11-7(12)3-5(9(11)14)8(13)6(10)4-15/h3,6,15H,2,4,10H2,1H3/q+1/t6-/m0/s1. The number of amides is 2. The van der Waals surface area contributed by atoms with Crippen molar-refractivity contribution < 1.29 is 14.4 Å². The molecule has 0 fully saturated rings. The molecule has 1 atom stereocenters. The van der Waals surface area contributed by atoms with Crippen molar-refractivity contribution in [2.45, 2.75) is 13.0 Å². The maximum Gasteiger partial charge on any atom is 0.405 e. The molecule has 5 nitrogen and oxygen atoms in total. The Bertz CT molecular complexity index is 351. The van der Waals surface area contributed by atoms with E-state index in [1.54, 1.807) is 6.92 Å². The van der Waals surface area contributed by atoms with Crippen molar-refractivity contribution in [2.24, 2.45) is 5.73 Å². The highest BCUT2D eigenvalue weighted by Crippen LogP contribution is 2.12. The molecule has 1 heterocycles. The van der Waals surface area contributed by atoms with Gasteiger partial charge in [-0.1, -0.05) is 0 Å². The van der Waals surface area contributed by atoms with Crippen molar-refractivity contribution >= 4 is 30.2 Å². The second-order valence-electron chi connectivity index (χ2n) is 3.10. The number of nitrogens with zero attached hydrogens (tertiary/aromatic N) is 1. The van der Waals surface area contributed by atoms with Gasteiger partial charge < -0.3 is 5.73 Å². The van der Waals surface area contributed by atoms with Gasteiger partial charge >= 0.3 is 11.8 Å². The monoisotopic (exact) mass is 228 g/mol. The first-order valence-electron chi connectivity index (χ1n) is 4.51. The van der Waals surface area contributed by atoms with Crippen molar-refractivity contribution in [2.75, 3.05) is 12.3 Å². The van der Waals surface area contributed by atoms with Crippen LogP contribution in [0.15, 0.2) is 11.6 Å². The highest BCUT2D eigenvalue weighted by Gasteiger charge is 2.45. The fourth-order valence-electron chi connectivity index (χ4n) is 1.27. The van der Waals surface area contributed by atoms with E-state index in [0.29, 0.717) is 0 Å². The zero-order valence-electron chi connectivity index (χ0n) is 8.27. The quantitative estimate of drug-likeness (QED) is 0.279. The fourth-order valence-corrected chi connectivity index (χ4v) is 1.43. The van der Waals surface area contributed by atoms with Crippen molar-refractivity contribution in [3.63, 3.8) is 0 Å². The Balaban J connectivity index is 2.90. The van der Waals surface area contributed by atoms with Gasteiger partial charge in [-0.3, -0.25) is 4.79 Å². The molecule has 2 amide bonds. The fraction of sp³-hybridized carbons (Fsp3) is 0.444. The summed E-state index contributed by atoms with van der Waals surface area (Å²) in [6.07, 6.45) is 1.04. The largest absolute Gasteiger partial charge is 0.405 e. The van der Waals surface area contributed by atoms with E-state index in [1.165, 1.54) is 0 Å². The molecule has 1 rings (SSSR count). The molecule has 0 unspecified atom stereocenters. The molecule has 1 radical (unpaired) electrons. The molecule has 15 heavy (non-hydrogen) atoms. The summed E-state index contributed by atoms with van der Waals surface area (Å²) < 4.78 is 0. The Morgan fingerprint density at radius 3 is 2.60 bits per heavy atom. The minimum atomic E-state index is -0.840. The Morgan fingerprint density at radius 1 is 1.60 bits per heavy atom. The van der Waals surface area contributed by atoms with Crippen molar-refractivity contribution in [1.29, 1.82) is 0 Å². The molecule has 0 aromatic carbocycles. The van der Waals surface area contributed by atoms with Crippen molar-refractivity contribution in [3.8, 4) is 0 Å². The van der Waals surface area contributed by atoms with E-state index >= 15 is 0 Å². The third kappa shape index (κ3) is 2.17. The highest BCUT2D eigenvalue weighted by atomic mass is 32.1. The molecule has 0 saturated heterocycles. The first-order valence-corrected chi connectivity index (χ1v) is 5.14. The molecule has 0 bridgehead atoms. The van der Waals surface area contributed by atoms with E-state index in [1.807, 2.05) is 0 Å². The summed E-state index contributed by atoms with van der Waals surface area (Å²) in [7, 11) is 0. The number of hydrogen-bond donors (Lipinski definition) is 2. The SMILES string of the molecule is CC[N+]1C(=O)C=C(C(=O)[C@@H](N)CS)C1=O. The van der Waals surface area contributed by atoms with Crippen LogP contribution >= 0.6 is 12.6 Å². The summed E-state index contributed by atoms with van der Waals surface area (Å²) in [5.74, 6) is -1.41. The lowest BCUT2D eigenvalue weighted by atomic mass is 10.1. The molecule has 0 aliphatic carbocycles. The lowest BCUT2D eigenvalue weighted by molar-refractivity contribution is -0.130. The number of ketones is 1. The van der Waals surface area contributed by atoms with Crippen LogP contribution < -0.4 is 10.6 Å². The van der Waals surface area contributed by atoms with Gasteiger partial charge in [0.25, 0.3) is 0 Å². The van der Waals surface area contributed by atoms with Gasteiger partial charge in [0.1, 0.15) is 12.1 Å². The molecule has 0 spiro atoms. The molecule has 1 aliphatic heterocycles. The van der Waals surface area contributed by atoms with Crippen molar-refractivity contribution in [3.05, 3.63) is 11.6 Å². The molecule has 2 N–H and O–H groups in total. The maximum atomic E-state index is 11.6. The number of rotatable bonds is 4. The van der Waals surface area contributed by atoms with Crippen molar-refractivity contribution in [1.82, 2.24) is 4.90 Å². The van der Waals surface area contributed by atoms with Gasteiger partial charge in [0.2, 0.25) is 0 Å². The minimum Gasteiger partial charge on any atom is -0.321 e. The van der Waals surface area contributed by atoms with Gasteiger partial charge in [0.15, 0.2) is 5.78 Å². The summed E-state index contributed by atoms with van der Waals surface area (Å²) in [5.41, 5.74) is 5.31. The number of Topliss-reactive ketones (excluding diaryl/α,β-unsaturated/α-hetero) is 1. The van der Waals surface area contributed by atoms with Gasteiger partial charge in [0.05, 0.1) is 12.1 Å². The van der Waals surface area contributed by atoms with Gasteiger partial charge in [-0.15, -0.1) is 0 Å². The van der Waals surface area contributed by atoms with Crippen LogP contribution in [-0.4, -0.2) is 35.9 Å². The van der Waals surface area contributed by atoms with Gasteiger partial charge in [-0.25, -0.2) is 9.59 Å². The predicted octanol–water partition coefficient (Wildman–Crippen LogP) is -1.03. The Hall–Kier alpha value is -0.980. The lowest BCUT2D eigenvalue weighted by Gasteiger charge is -2.04. The van der Waals surface area contributed by atoms with E-state index in [4.69, 9.17) is 5.73 Å². The molecule has 0 saturated carbocycles. The molecular weight excluding hydrogens is 216 g/mol. The smallest absolute Gasteiger partial charge is 0.321 e. The van der Waals surface area contributed by atoms with Crippen LogP contribution in [0, 0.1) is 0 Å². The van der Waals surface area contributed by atoms with E-state index in [0.717, 1.165) is 11.0 Å². The van der Waals surface area contributed by atoms with Gasteiger partial charge in [0, 0.05) is 5.75 Å². The second kappa shape index (κ2) is 4.69. The van der Waals surface area contributed by atoms with Crippen LogP contribution in [0.1, 0.15) is 6.92 Å². The van der Waals surface area contributed by atoms with Crippen LogP contribution in [-0.2, 0) is 14.4 Å². The summed E-state index contributed by atoms with van der Waals surface area (Å²) >= 11 is 3.86. The number of imide groups is 1. The van der Waals surface area contributed by atoms with Crippen LogP contribution in [0.2, 0.25) is 0 Å². The Kier molecular flexibility index (Phi) is 3.78. The minimum absolute atomic E-state index is 0.136. The number of hydrogen-bond acceptors (Lipinski definition) is 5. The van der Waals surface area contributed by atoms with E-state index < -0.39 is 23.6 Å². The number of carbonyl (C=O) groups is 3. The molecular formula is C9H12N2O3S+. The average molecular weight is 228 g/mol. The average Bonchev–Trinajstić information content (AvgIpc) is 2.51. The number of thiol groups is 1. The molecule has 0 aromatic rings. The third-order valence-corrected chi connectivity index (χ3v) is 2.52. The number of nitrogens with two attached hydrogens (primary N) is 1. The Labute approximate surface area is 92.7 Å². The zero-order valence-corrected chi connectivity index (χ0v) is 9.16.